The van der Waals surface area contributed by atoms with E-state index < -0.39 is 0 Å². The van der Waals surface area contributed by atoms with Crippen LogP contribution in [0.15, 0.2) is 24.3 Å². The molecule has 0 aliphatic heterocycles. The summed E-state index contributed by atoms with van der Waals surface area (Å²) in [5.74, 6) is 0.930. The van der Waals surface area contributed by atoms with E-state index >= 15 is 0 Å². The molecule has 19 heavy (non-hydrogen) atoms. The summed E-state index contributed by atoms with van der Waals surface area (Å²) in [4.78, 5) is 0. The van der Waals surface area contributed by atoms with Crippen LogP contribution in [-0.4, -0.2) is 17.2 Å². The van der Waals surface area contributed by atoms with Gasteiger partial charge < -0.3 is 10.4 Å². The van der Waals surface area contributed by atoms with Gasteiger partial charge in [-0.1, -0.05) is 32.9 Å². The fourth-order valence-corrected chi connectivity index (χ4v) is 2.02. The molecule has 0 aliphatic carbocycles. The van der Waals surface area contributed by atoms with Gasteiger partial charge in [0.2, 0.25) is 0 Å². The summed E-state index contributed by atoms with van der Waals surface area (Å²) in [5, 5.41) is 13.0. The van der Waals surface area contributed by atoms with Crippen molar-refractivity contribution in [3.8, 4) is 5.75 Å². The number of hydrogen-bond acceptors (Lipinski definition) is 2. The lowest BCUT2D eigenvalue weighted by Crippen LogP contribution is -2.45. The molecule has 1 aromatic rings. The van der Waals surface area contributed by atoms with E-state index in [2.05, 4.69) is 46.9 Å². The molecule has 1 rings (SSSR count). The molecule has 2 heteroatoms. The zero-order chi connectivity index (χ0) is 14.7. The molecule has 2 nitrogen and oxygen atoms in total. The van der Waals surface area contributed by atoms with Crippen molar-refractivity contribution in [1.29, 1.82) is 0 Å². The van der Waals surface area contributed by atoms with Crippen LogP contribution in [0.1, 0.15) is 47.1 Å². The summed E-state index contributed by atoms with van der Waals surface area (Å²) in [6, 6.07) is 7.58. The van der Waals surface area contributed by atoms with Crippen molar-refractivity contribution in [2.45, 2.75) is 53.5 Å². The van der Waals surface area contributed by atoms with Crippen molar-refractivity contribution in [3.63, 3.8) is 0 Å². The van der Waals surface area contributed by atoms with Crippen LogP contribution < -0.4 is 5.32 Å². The van der Waals surface area contributed by atoms with E-state index in [0.29, 0.717) is 11.7 Å². The molecule has 1 atom stereocenters. The van der Waals surface area contributed by atoms with Gasteiger partial charge in [0.05, 0.1) is 0 Å². The summed E-state index contributed by atoms with van der Waals surface area (Å²) in [6.07, 6.45) is 1.02. The molecule has 0 spiro atoms. The number of benzene rings is 1. The van der Waals surface area contributed by atoms with Crippen molar-refractivity contribution in [3.05, 3.63) is 29.8 Å². The lowest BCUT2D eigenvalue weighted by Gasteiger charge is -2.37. The zero-order valence-electron chi connectivity index (χ0n) is 13.2. The van der Waals surface area contributed by atoms with Crippen LogP contribution in [0.3, 0.4) is 0 Å². The van der Waals surface area contributed by atoms with Gasteiger partial charge in [0.25, 0.3) is 0 Å². The SMILES string of the molecule is CC(C)C(C)(CNC(C)(C)C)Cc1ccc(O)cc1. The number of phenols is 1. The van der Waals surface area contributed by atoms with Crippen molar-refractivity contribution in [1.82, 2.24) is 5.32 Å². The van der Waals surface area contributed by atoms with Crippen molar-refractivity contribution >= 4 is 0 Å². The average molecular weight is 263 g/mol. The molecule has 108 valence electrons. The molecule has 0 radical (unpaired) electrons. The normalized spacial score (nSPS) is 15.5. The minimum Gasteiger partial charge on any atom is -0.508 e. The van der Waals surface area contributed by atoms with Crippen molar-refractivity contribution < 1.29 is 5.11 Å². The van der Waals surface area contributed by atoms with Gasteiger partial charge in [0, 0.05) is 12.1 Å². The number of rotatable bonds is 5. The van der Waals surface area contributed by atoms with E-state index in [0.717, 1.165) is 13.0 Å². The minimum absolute atomic E-state index is 0.144. The van der Waals surface area contributed by atoms with Gasteiger partial charge in [-0.2, -0.15) is 0 Å². The van der Waals surface area contributed by atoms with Crippen LogP contribution in [0, 0.1) is 11.3 Å². The van der Waals surface area contributed by atoms with E-state index in [-0.39, 0.29) is 11.0 Å². The van der Waals surface area contributed by atoms with E-state index in [4.69, 9.17) is 0 Å². The highest BCUT2D eigenvalue weighted by atomic mass is 16.3. The first-order chi connectivity index (χ1) is 8.62. The summed E-state index contributed by atoms with van der Waals surface area (Å²) < 4.78 is 0. The van der Waals surface area contributed by atoms with Crippen LogP contribution in [0.25, 0.3) is 0 Å². The van der Waals surface area contributed by atoms with Gasteiger partial charge in [0.15, 0.2) is 0 Å². The van der Waals surface area contributed by atoms with Gasteiger partial charge in [-0.25, -0.2) is 0 Å². The Morgan fingerprint density at radius 3 is 2.00 bits per heavy atom. The highest BCUT2D eigenvalue weighted by Crippen LogP contribution is 2.31. The van der Waals surface area contributed by atoms with Gasteiger partial charge >= 0.3 is 0 Å². The smallest absolute Gasteiger partial charge is 0.115 e. The van der Waals surface area contributed by atoms with Crippen LogP contribution >= 0.6 is 0 Å². The Labute approximate surface area is 118 Å². The quantitative estimate of drug-likeness (QED) is 0.842. The van der Waals surface area contributed by atoms with Gasteiger partial charge in [0.1, 0.15) is 5.75 Å². The number of hydrogen-bond donors (Lipinski definition) is 2. The molecule has 0 aromatic heterocycles. The Kier molecular flexibility index (Phi) is 5.03. The Hall–Kier alpha value is -1.02. The topological polar surface area (TPSA) is 32.3 Å². The molecule has 0 heterocycles. The molecule has 2 N–H and O–H groups in total. The summed E-state index contributed by atoms with van der Waals surface area (Å²) >= 11 is 0. The average Bonchev–Trinajstić information content (AvgIpc) is 2.29. The molecule has 0 aliphatic rings. The molecule has 0 fully saturated rings. The Morgan fingerprint density at radius 2 is 1.58 bits per heavy atom. The third kappa shape index (κ3) is 5.23. The molecule has 0 saturated carbocycles. The fourth-order valence-electron chi connectivity index (χ4n) is 2.02. The lowest BCUT2D eigenvalue weighted by atomic mass is 9.74. The molecule has 1 unspecified atom stereocenters. The van der Waals surface area contributed by atoms with Crippen LogP contribution in [0.2, 0.25) is 0 Å². The molecule has 1 aromatic carbocycles. The monoisotopic (exact) mass is 263 g/mol. The number of aromatic hydroxyl groups is 1. The van der Waals surface area contributed by atoms with E-state index in [1.807, 2.05) is 12.1 Å². The molecular formula is C17H29NO. The molecule has 0 saturated heterocycles. The second kappa shape index (κ2) is 5.96. The predicted molar refractivity (Wildman–Crippen MR) is 82.5 cm³/mol. The first-order valence-electron chi connectivity index (χ1n) is 7.15. The second-order valence-electron chi connectivity index (χ2n) is 7.26. The number of phenolic OH excluding ortho intramolecular Hbond substituents is 1. The van der Waals surface area contributed by atoms with Crippen LogP contribution in [0.5, 0.6) is 5.75 Å². The summed E-state index contributed by atoms with van der Waals surface area (Å²) in [5.41, 5.74) is 1.64. The summed E-state index contributed by atoms with van der Waals surface area (Å²) in [7, 11) is 0. The number of nitrogens with one attached hydrogen (secondary N) is 1. The Morgan fingerprint density at radius 1 is 1.05 bits per heavy atom. The zero-order valence-corrected chi connectivity index (χ0v) is 13.2. The van der Waals surface area contributed by atoms with E-state index in [1.54, 1.807) is 12.1 Å². The Balaban J connectivity index is 2.79. The third-order valence-corrected chi connectivity index (χ3v) is 3.96. The standard InChI is InChI=1S/C17H29NO/c1-13(2)17(6,12-18-16(3,4)5)11-14-7-9-15(19)10-8-14/h7-10,13,18-19H,11-12H2,1-6H3. The molecular weight excluding hydrogens is 234 g/mol. The van der Waals surface area contributed by atoms with Crippen LogP contribution in [-0.2, 0) is 6.42 Å². The fraction of sp³-hybridized carbons (Fsp3) is 0.647. The minimum atomic E-state index is 0.144. The highest BCUT2D eigenvalue weighted by molar-refractivity contribution is 5.26. The van der Waals surface area contributed by atoms with Gasteiger partial charge in [-0.05, 0) is 56.2 Å². The summed E-state index contributed by atoms with van der Waals surface area (Å²) in [6.45, 7) is 14.5. The predicted octanol–water partition coefficient (Wildman–Crippen LogP) is 3.99. The maximum atomic E-state index is 9.36. The van der Waals surface area contributed by atoms with E-state index in [9.17, 15) is 5.11 Å². The van der Waals surface area contributed by atoms with Crippen LogP contribution in [0.4, 0.5) is 0 Å². The van der Waals surface area contributed by atoms with Gasteiger partial charge in [-0.15, -0.1) is 0 Å². The molecule has 0 bridgehead atoms. The maximum Gasteiger partial charge on any atom is 0.115 e. The highest BCUT2D eigenvalue weighted by Gasteiger charge is 2.29. The molecule has 0 amide bonds. The van der Waals surface area contributed by atoms with Gasteiger partial charge in [-0.3, -0.25) is 0 Å². The lowest BCUT2D eigenvalue weighted by molar-refractivity contribution is 0.188. The second-order valence-corrected chi connectivity index (χ2v) is 7.26. The third-order valence-electron chi connectivity index (χ3n) is 3.96. The first-order valence-corrected chi connectivity index (χ1v) is 7.15. The van der Waals surface area contributed by atoms with E-state index in [1.165, 1.54) is 5.56 Å². The van der Waals surface area contributed by atoms with Crippen molar-refractivity contribution in [2.24, 2.45) is 11.3 Å². The first kappa shape index (κ1) is 16.0. The maximum absolute atomic E-state index is 9.36. The van der Waals surface area contributed by atoms with Crippen molar-refractivity contribution in [2.75, 3.05) is 6.54 Å². The largest absolute Gasteiger partial charge is 0.508 e. The Bertz CT molecular complexity index is 389.